The summed E-state index contributed by atoms with van der Waals surface area (Å²) in [7, 11) is -9.44. The fraction of sp³-hybridized carbons (Fsp3) is 0.214. The van der Waals surface area contributed by atoms with E-state index in [1.807, 2.05) is 0 Å². The largest absolute Gasteiger partial charge is 0.379 e. The zero-order chi connectivity index (χ0) is 30.9. The number of allylic oxidation sites excluding steroid dienone is 4. The van der Waals surface area contributed by atoms with Crippen molar-refractivity contribution in [1.29, 1.82) is 0 Å². The van der Waals surface area contributed by atoms with Crippen LogP contribution in [0.25, 0.3) is 0 Å². The fourth-order valence-electron chi connectivity index (χ4n) is 5.39. The van der Waals surface area contributed by atoms with Crippen molar-refractivity contribution in [2.75, 3.05) is 0 Å². The monoisotopic (exact) mass is 614 g/mol. The van der Waals surface area contributed by atoms with Crippen LogP contribution in [0.1, 0.15) is 42.4 Å². The maximum atomic E-state index is 13.4. The molecule has 0 bridgehead atoms. The maximum Gasteiger partial charge on any atom is 0.339 e. The van der Waals surface area contributed by atoms with Gasteiger partial charge in [-0.25, -0.2) is 0 Å². The van der Waals surface area contributed by atoms with Gasteiger partial charge in [-0.1, -0.05) is 55.0 Å². The topological polar surface area (TPSA) is 184 Å². The molecule has 0 spiro atoms. The van der Waals surface area contributed by atoms with Gasteiger partial charge in [0.05, 0.1) is 14.8 Å². The average Bonchev–Trinajstić information content (AvgIpc) is 2.94. The lowest BCUT2D eigenvalue weighted by Gasteiger charge is -2.41. The number of rotatable bonds is 10. The molecule has 12 nitrogen and oxygen atoms in total. The van der Waals surface area contributed by atoms with E-state index in [-0.39, 0.29) is 23.4 Å². The van der Waals surface area contributed by atoms with Gasteiger partial charge in [-0.05, 0) is 43.2 Å². The van der Waals surface area contributed by atoms with Gasteiger partial charge in [0, 0.05) is 36.1 Å². The molecule has 0 aliphatic heterocycles. The quantitative estimate of drug-likeness (QED) is 0.133. The third-order valence-electron chi connectivity index (χ3n) is 7.22. The van der Waals surface area contributed by atoms with E-state index in [4.69, 9.17) is 4.18 Å². The molecule has 0 aromatic heterocycles. The number of nitrogens with zero attached hydrogens (tertiary/aromatic N) is 2. The minimum Gasteiger partial charge on any atom is -0.379 e. The van der Waals surface area contributed by atoms with Crippen molar-refractivity contribution in [3.63, 3.8) is 0 Å². The zero-order valence-corrected chi connectivity index (χ0v) is 24.0. The molecule has 220 valence electrons. The first-order chi connectivity index (χ1) is 19.7. The Hall–Kier alpha value is -4.40. The predicted octanol–water partition coefficient (Wildman–Crippen LogP) is 5.44. The number of aryl methyl sites for hydroxylation is 1. The van der Waals surface area contributed by atoms with Crippen LogP contribution in [0.15, 0.2) is 100 Å². The minimum atomic E-state index is -4.81. The van der Waals surface area contributed by atoms with Crippen molar-refractivity contribution < 1.29 is 35.4 Å². The third kappa shape index (κ3) is 5.82. The normalized spacial score (nSPS) is 18.0. The van der Waals surface area contributed by atoms with Crippen LogP contribution >= 0.6 is 0 Å². The first-order valence-corrected chi connectivity index (χ1v) is 15.4. The highest BCUT2D eigenvalue weighted by molar-refractivity contribution is 7.89. The predicted molar refractivity (Wildman–Crippen MR) is 153 cm³/mol. The summed E-state index contributed by atoms with van der Waals surface area (Å²) in [5.41, 5.74) is -1.40. The smallest absolute Gasteiger partial charge is 0.339 e. The van der Waals surface area contributed by atoms with Crippen LogP contribution in [0, 0.1) is 27.2 Å². The van der Waals surface area contributed by atoms with Crippen molar-refractivity contribution in [2.45, 2.75) is 42.9 Å². The van der Waals surface area contributed by atoms with E-state index in [2.05, 4.69) is 0 Å². The second-order valence-electron chi connectivity index (χ2n) is 9.72. The lowest BCUT2D eigenvalue weighted by atomic mass is 9.61. The standard InChI is InChI=1S/C28H26N2O10S2/c1-3-24(20-7-5-4-6-8-20)28(18-23(41(35,36)37)14-16-27(28)30(33)34)25-17-19(2)9-15-26(25)40-42(38,39)22-12-10-21(11-13-22)29(31)32/h4-17,24H,3,18H2,1-2H3,(H,35,36,37). The summed E-state index contributed by atoms with van der Waals surface area (Å²) in [5.74, 6) is -1.09. The van der Waals surface area contributed by atoms with Crippen molar-refractivity contribution in [2.24, 2.45) is 0 Å². The lowest BCUT2D eigenvalue weighted by molar-refractivity contribution is -0.437. The van der Waals surface area contributed by atoms with E-state index in [0.717, 1.165) is 36.4 Å². The molecule has 0 saturated heterocycles. The van der Waals surface area contributed by atoms with E-state index in [1.54, 1.807) is 44.2 Å². The molecular formula is C28H26N2O10S2. The van der Waals surface area contributed by atoms with Gasteiger partial charge in [0.1, 0.15) is 16.1 Å². The molecule has 14 heteroatoms. The molecule has 0 heterocycles. The molecule has 3 aromatic rings. The summed E-state index contributed by atoms with van der Waals surface area (Å²) in [6, 6.07) is 17.0. The van der Waals surface area contributed by atoms with E-state index in [0.29, 0.717) is 11.1 Å². The van der Waals surface area contributed by atoms with Crippen molar-refractivity contribution in [3.05, 3.63) is 132 Å². The summed E-state index contributed by atoms with van der Waals surface area (Å²) < 4.78 is 67.1. The highest BCUT2D eigenvalue weighted by Crippen LogP contribution is 2.55. The summed E-state index contributed by atoms with van der Waals surface area (Å²) >= 11 is 0. The number of nitro benzene ring substituents is 1. The number of hydrogen-bond acceptors (Lipinski definition) is 9. The van der Waals surface area contributed by atoms with Crippen molar-refractivity contribution in [1.82, 2.24) is 0 Å². The molecule has 42 heavy (non-hydrogen) atoms. The van der Waals surface area contributed by atoms with Crippen LogP contribution in [0.5, 0.6) is 5.75 Å². The van der Waals surface area contributed by atoms with E-state index < -0.39 is 63.3 Å². The SMILES string of the molecule is CCC(c1ccccc1)C1(c2cc(C)ccc2OS(=O)(=O)c2ccc([N+](=O)[O-])cc2)CC(S(=O)(=O)O)=CC=C1[N+](=O)[O-]. The Labute approximate surface area is 242 Å². The lowest BCUT2D eigenvalue weighted by Crippen LogP contribution is -2.41. The first-order valence-electron chi connectivity index (χ1n) is 12.6. The number of non-ortho nitro benzene ring substituents is 1. The molecule has 3 aromatic carbocycles. The zero-order valence-electron chi connectivity index (χ0n) is 22.4. The van der Waals surface area contributed by atoms with Crippen LogP contribution in [-0.4, -0.2) is 31.2 Å². The van der Waals surface area contributed by atoms with Gasteiger partial charge in [-0.3, -0.25) is 24.8 Å². The molecule has 2 unspecified atom stereocenters. The molecule has 4 rings (SSSR count). The van der Waals surface area contributed by atoms with E-state index >= 15 is 0 Å². The first kappa shape index (κ1) is 30.6. The molecule has 1 aliphatic rings. The Morgan fingerprint density at radius 3 is 2.12 bits per heavy atom. The summed E-state index contributed by atoms with van der Waals surface area (Å²) in [4.78, 5) is 21.4. The molecule has 0 amide bonds. The molecule has 0 radical (unpaired) electrons. The molecule has 0 saturated carbocycles. The van der Waals surface area contributed by atoms with E-state index in [1.165, 1.54) is 18.2 Å². The molecule has 1 N–H and O–H groups in total. The summed E-state index contributed by atoms with van der Waals surface area (Å²) in [6.45, 7) is 3.43. The van der Waals surface area contributed by atoms with Crippen molar-refractivity contribution >= 4 is 25.9 Å². The van der Waals surface area contributed by atoms with Gasteiger partial charge in [0.25, 0.3) is 21.5 Å². The highest BCUT2D eigenvalue weighted by Gasteiger charge is 2.54. The fourth-order valence-corrected chi connectivity index (χ4v) is 6.99. The summed E-state index contributed by atoms with van der Waals surface area (Å²) in [6.07, 6.45) is 1.66. The van der Waals surface area contributed by atoms with Crippen molar-refractivity contribution in [3.8, 4) is 5.75 Å². The van der Waals surface area contributed by atoms with Crippen LogP contribution in [0.4, 0.5) is 5.69 Å². The van der Waals surface area contributed by atoms with Gasteiger partial charge >= 0.3 is 10.1 Å². The summed E-state index contributed by atoms with van der Waals surface area (Å²) in [5, 5.41) is 23.7. The third-order valence-corrected chi connectivity index (χ3v) is 9.41. The Morgan fingerprint density at radius 1 is 0.929 bits per heavy atom. The molecule has 2 atom stereocenters. The maximum absolute atomic E-state index is 13.4. The second-order valence-corrected chi connectivity index (χ2v) is 12.7. The van der Waals surface area contributed by atoms with E-state index in [9.17, 15) is 41.6 Å². The second kappa shape index (κ2) is 11.5. The number of nitro groups is 2. The Bertz CT molecular complexity index is 1820. The number of hydrogen-bond donors (Lipinski definition) is 1. The Kier molecular flexibility index (Phi) is 8.34. The van der Waals surface area contributed by atoms with Gasteiger partial charge in [0.2, 0.25) is 0 Å². The molecule has 0 fully saturated rings. The Balaban J connectivity index is 2.02. The Morgan fingerprint density at radius 2 is 1.57 bits per heavy atom. The average molecular weight is 615 g/mol. The van der Waals surface area contributed by atoms with Crippen LogP contribution in [-0.2, 0) is 25.7 Å². The van der Waals surface area contributed by atoms with Gasteiger partial charge in [-0.15, -0.1) is 0 Å². The highest BCUT2D eigenvalue weighted by atomic mass is 32.2. The van der Waals surface area contributed by atoms with Gasteiger partial charge in [-0.2, -0.15) is 16.8 Å². The van der Waals surface area contributed by atoms with Gasteiger partial charge in [0.15, 0.2) is 0 Å². The molecule has 1 aliphatic carbocycles. The van der Waals surface area contributed by atoms with Crippen LogP contribution < -0.4 is 4.18 Å². The molecular weight excluding hydrogens is 588 g/mol. The number of benzene rings is 3. The minimum absolute atomic E-state index is 0.0147. The van der Waals surface area contributed by atoms with Crippen LogP contribution in [0.2, 0.25) is 0 Å². The van der Waals surface area contributed by atoms with Crippen LogP contribution in [0.3, 0.4) is 0 Å². The van der Waals surface area contributed by atoms with Gasteiger partial charge < -0.3 is 4.18 Å².